The summed E-state index contributed by atoms with van der Waals surface area (Å²) >= 11 is 0. The summed E-state index contributed by atoms with van der Waals surface area (Å²) in [5.74, 6) is -1.98. The molecule has 0 rings (SSSR count). The number of aliphatic imine (C=N–C) groups is 1. The van der Waals surface area contributed by atoms with Crippen molar-refractivity contribution >= 4 is 18.2 Å². The summed E-state index contributed by atoms with van der Waals surface area (Å²) in [6.45, 7) is 2.46. The van der Waals surface area contributed by atoms with Crippen LogP contribution in [0.2, 0.25) is 0 Å². The first-order valence-corrected chi connectivity index (χ1v) is 3.00. The van der Waals surface area contributed by atoms with E-state index >= 15 is 0 Å². The summed E-state index contributed by atoms with van der Waals surface area (Å²) in [6.07, 6.45) is -0.268. The highest BCUT2D eigenvalue weighted by Crippen LogP contribution is 1.76. The molecule has 7 heteroatoms. The van der Waals surface area contributed by atoms with E-state index in [0.717, 1.165) is 6.92 Å². The Hall–Kier alpha value is -1.47. The third-order valence-corrected chi connectivity index (χ3v) is 0.401. The number of hydrogen-bond acceptors (Lipinski definition) is 4. The highest BCUT2D eigenvalue weighted by atomic mass is 16.4. The molecule has 13 heavy (non-hydrogen) atoms. The van der Waals surface area contributed by atoms with Crippen molar-refractivity contribution in [3.8, 4) is 0 Å². The van der Waals surface area contributed by atoms with Gasteiger partial charge >= 0.3 is 5.97 Å². The molecule has 78 valence electrons. The fraction of sp³-hybridized carbons (Fsp3) is 0.500. The predicted molar refractivity (Wildman–Crippen MR) is 44.7 cm³/mol. The zero-order valence-electron chi connectivity index (χ0n) is 7.26. The maximum absolute atomic E-state index is 9.64. The smallest absolute Gasteiger partial charge is 0.346 e. The molecule has 0 spiro atoms. The van der Waals surface area contributed by atoms with Crippen molar-refractivity contribution in [1.29, 1.82) is 0 Å². The lowest BCUT2D eigenvalue weighted by Crippen LogP contribution is -2.00. The lowest BCUT2D eigenvalue weighted by Gasteiger charge is -1.88. The van der Waals surface area contributed by atoms with Crippen LogP contribution in [0, 0.1) is 0 Å². The largest absolute Gasteiger partial charge is 0.481 e. The van der Waals surface area contributed by atoms with E-state index in [1.54, 1.807) is 0 Å². The summed E-state index contributed by atoms with van der Waals surface area (Å²) < 4.78 is 0. The van der Waals surface area contributed by atoms with E-state index in [0.29, 0.717) is 6.21 Å². The molecule has 0 aliphatic rings. The molecular weight excluding hydrogens is 182 g/mol. The molecule has 0 saturated carbocycles. The van der Waals surface area contributed by atoms with Crippen LogP contribution in [0.5, 0.6) is 0 Å². The Morgan fingerprint density at radius 1 is 1.38 bits per heavy atom. The number of aliphatic hydroxyl groups excluding tert-OH is 1. The Morgan fingerprint density at radius 3 is 1.77 bits per heavy atom. The van der Waals surface area contributed by atoms with Crippen LogP contribution in [0.3, 0.4) is 0 Å². The number of aliphatic hydroxyl groups is 1. The molecule has 7 nitrogen and oxygen atoms in total. The molecule has 1 atom stereocenters. The topological polar surface area (TPSA) is 139 Å². The molecule has 0 saturated heterocycles. The molecule has 0 aromatic heterocycles. The Bertz CT molecular complexity index is 172. The summed E-state index contributed by atoms with van der Waals surface area (Å²) in [4.78, 5) is 21.8. The second kappa shape index (κ2) is 10.5. The minimum Gasteiger partial charge on any atom is -0.481 e. The van der Waals surface area contributed by atoms with Gasteiger partial charge in [-0.3, -0.25) is 9.79 Å². The maximum atomic E-state index is 9.64. The standard InChI is InChI=1S/C4H7NO3.C2H4O2.H2O/c1-3(6)5-2-4(7)8;1-2(3)4;/h2-3,6H,1H3,(H,7,8);1H3,(H,3,4);1H2. The van der Waals surface area contributed by atoms with Crippen molar-refractivity contribution in [2.45, 2.75) is 20.1 Å². The molecule has 0 heterocycles. The van der Waals surface area contributed by atoms with Crippen LogP contribution in [0.25, 0.3) is 0 Å². The molecule has 0 amide bonds. The zero-order valence-corrected chi connectivity index (χ0v) is 7.26. The Balaban J connectivity index is -0.000000173. The number of carbonyl (C=O) groups is 2. The van der Waals surface area contributed by atoms with Crippen molar-refractivity contribution in [2.24, 2.45) is 4.99 Å². The molecule has 0 aliphatic heterocycles. The van der Waals surface area contributed by atoms with E-state index in [1.165, 1.54) is 6.92 Å². The average Bonchev–Trinajstić information content (AvgIpc) is 1.82. The van der Waals surface area contributed by atoms with Gasteiger partial charge in [-0.05, 0) is 6.92 Å². The molecule has 0 bridgehead atoms. The van der Waals surface area contributed by atoms with Gasteiger partial charge in [0.25, 0.3) is 5.97 Å². The molecule has 0 fully saturated rings. The van der Waals surface area contributed by atoms with Crippen molar-refractivity contribution in [1.82, 2.24) is 0 Å². The van der Waals surface area contributed by atoms with Gasteiger partial charge in [0.2, 0.25) is 0 Å². The summed E-state index contributed by atoms with van der Waals surface area (Å²) in [7, 11) is 0. The third kappa shape index (κ3) is 61.5. The van der Waals surface area contributed by atoms with Gasteiger partial charge in [0, 0.05) is 6.92 Å². The van der Waals surface area contributed by atoms with Crippen LogP contribution in [0.1, 0.15) is 13.8 Å². The van der Waals surface area contributed by atoms with E-state index in [4.69, 9.17) is 20.1 Å². The van der Waals surface area contributed by atoms with Gasteiger partial charge in [-0.1, -0.05) is 0 Å². The summed E-state index contributed by atoms with van der Waals surface area (Å²) in [6, 6.07) is 0. The Morgan fingerprint density at radius 2 is 1.69 bits per heavy atom. The van der Waals surface area contributed by atoms with Crippen LogP contribution >= 0.6 is 0 Å². The van der Waals surface area contributed by atoms with Crippen molar-refractivity contribution in [3.63, 3.8) is 0 Å². The number of aliphatic carboxylic acids is 2. The van der Waals surface area contributed by atoms with Crippen LogP contribution < -0.4 is 0 Å². The van der Waals surface area contributed by atoms with E-state index in [9.17, 15) is 4.79 Å². The first-order chi connectivity index (χ1) is 5.36. The van der Waals surface area contributed by atoms with Gasteiger partial charge in [0.05, 0.1) is 0 Å². The summed E-state index contributed by atoms with van der Waals surface area (Å²) in [5, 5.41) is 23.7. The monoisotopic (exact) mass is 195 g/mol. The van der Waals surface area contributed by atoms with E-state index in [-0.39, 0.29) is 5.48 Å². The highest BCUT2D eigenvalue weighted by Gasteiger charge is 1.88. The van der Waals surface area contributed by atoms with E-state index in [2.05, 4.69) is 4.99 Å². The number of carboxylic acid groups (broad SMARTS) is 2. The van der Waals surface area contributed by atoms with Crippen LogP contribution in [0.4, 0.5) is 0 Å². The lowest BCUT2D eigenvalue weighted by molar-refractivity contribution is -0.134. The second-order valence-corrected chi connectivity index (χ2v) is 1.77. The fourth-order valence-corrected chi connectivity index (χ4v) is 0.172. The first kappa shape index (κ1) is 17.6. The number of hydrogen-bond donors (Lipinski definition) is 3. The minimum absolute atomic E-state index is 0. The normalized spacial score (nSPS) is 10.7. The van der Waals surface area contributed by atoms with Gasteiger partial charge in [-0.15, -0.1) is 0 Å². The highest BCUT2D eigenvalue weighted by molar-refractivity contribution is 6.21. The van der Waals surface area contributed by atoms with Gasteiger partial charge in [-0.2, -0.15) is 0 Å². The molecule has 0 aliphatic carbocycles. The van der Waals surface area contributed by atoms with Gasteiger partial charge < -0.3 is 20.8 Å². The SMILES string of the molecule is CC(=O)O.CC(O)N=CC(=O)O.O. The van der Waals surface area contributed by atoms with Crippen molar-refractivity contribution < 1.29 is 30.4 Å². The number of carboxylic acids is 2. The fourth-order valence-electron chi connectivity index (χ4n) is 0.172. The lowest BCUT2D eigenvalue weighted by atomic mass is 10.6. The van der Waals surface area contributed by atoms with Crippen LogP contribution in [-0.2, 0) is 9.59 Å². The van der Waals surface area contributed by atoms with Crippen molar-refractivity contribution in [3.05, 3.63) is 0 Å². The average molecular weight is 195 g/mol. The molecular formula is C6H13NO6. The minimum atomic E-state index is -1.15. The molecule has 1 unspecified atom stereocenters. The maximum Gasteiger partial charge on any atom is 0.346 e. The third-order valence-electron chi connectivity index (χ3n) is 0.401. The molecule has 0 radical (unpaired) electrons. The van der Waals surface area contributed by atoms with Crippen molar-refractivity contribution in [2.75, 3.05) is 0 Å². The number of nitrogens with zero attached hydrogens (tertiary/aromatic N) is 1. The summed E-state index contributed by atoms with van der Waals surface area (Å²) in [5.41, 5.74) is 0. The Labute approximate surface area is 74.7 Å². The molecule has 5 N–H and O–H groups in total. The number of rotatable bonds is 2. The quantitative estimate of drug-likeness (QED) is 0.472. The predicted octanol–water partition coefficient (Wildman–Crippen LogP) is -1.25. The zero-order chi connectivity index (χ0) is 10.1. The molecule has 0 aromatic carbocycles. The second-order valence-electron chi connectivity index (χ2n) is 1.77. The van der Waals surface area contributed by atoms with E-state index < -0.39 is 18.2 Å². The first-order valence-electron chi connectivity index (χ1n) is 3.00. The van der Waals surface area contributed by atoms with E-state index in [1.807, 2.05) is 0 Å². The Kier molecular flexibility index (Phi) is 14.2. The van der Waals surface area contributed by atoms with Gasteiger partial charge in [0.1, 0.15) is 12.4 Å². The van der Waals surface area contributed by atoms with Crippen LogP contribution in [0.15, 0.2) is 4.99 Å². The van der Waals surface area contributed by atoms with Gasteiger partial charge in [0.15, 0.2) is 0 Å². The van der Waals surface area contributed by atoms with Gasteiger partial charge in [-0.25, -0.2) is 4.79 Å². The van der Waals surface area contributed by atoms with Crippen LogP contribution in [-0.4, -0.2) is 45.2 Å². The molecule has 0 aromatic rings.